The molecule has 2 heterocycles. The number of halogens is 2. The van der Waals surface area contributed by atoms with Crippen LogP contribution in [0.2, 0.25) is 0 Å². The topological polar surface area (TPSA) is 61.4 Å². The molecule has 0 aliphatic carbocycles. The summed E-state index contributed by atoms with van der Waals surface area (Å²) in [6.45, 7) is 1.67. The molecule has 138 valence electrons. The number of hydrogen-bond acceptors (Lipinski definition) is 4. The largest absolute Gasteiger partial charge is 0.352 e. The van der Waals surface area contributed by atoms with E-state index in [4.69, 9.17) is 0 Å². The first kappa shape index (κ1) is 20.0. The zero-order chi connectivity index (χ0) is 16.9. The van der Waals surface area contributed by atoms with Crippen LogP contribution < -0.4 is 10.6 Å². The van der Waals surface area contributed by atoms with E-state index in [0.717, 1.165) is 17.2 Å². The minimum atomic E-state index is -0.280. The zero-order valence-corrected chi connectivity index (χ0v) is 15.5. The monoisotopic (exact) mass is 387 g/mol. The third kappa shape index (κ3) is 5.33. The van der Waals surface area contributed by atoms with E-state index in [1.807, 2.05) is 4.90 Å². The molecule has 0 spiro atoms. The van der Waals surface area contributed by atoms with Crippen LogP contribution in [-0.2, 0) is 16.1 Å². The fourth-order valence-corrected chi connectivity index (χ4v) is 4.01. The molecule has 25 heavy (non-hydrogen) atoms. The number of rotatable bonds is 4. The molecule has 1 atom stereocenters. The first-order valence-corrected chi connectivity index (χ1v) is 9.41. The van der Waals surface area contributed by atoms with Gasteiger partial charge in [-0.25, -0.2) is 4.39 Å². The van der Waals surface area contributed by atoms with Gasteiger partial charge in [0.25, 0.3) is 0 Å². The highest BCUT2D eigenvalue weighted by molar-refractivity contribution is 7.99. The van der Waals surface area contributed by atoms with E-state index in [1.165, 1.54) is 12.1 Å². The highest BCUT2D eigenvalue weighted by atomic mass is 35.5. The smallest absolute Gasteiger partial charge is 0.240 e. The van der Waals surface area contributed by atoms with Crippen LogP contribution >= 0.6 is 24.2 Å². The maximum atomic E-state index is 12.9. The van der Waals surface area contributed by atoms with Crippen LogP contribution in [0, 0.1) is 11.7 Å². The molecule has 2 N–H and O–H groups in total. The van der Waals surface area contributed by atoms with Crippen molar-refractivity contribution < 1.29 is 14.0 Å². The summed E-state index contributed by atoms with van der Waals surface area (Å²) in [5.41, 5.74) is 0.877. The zero-order valence-electron chi connectivity index (χ0n) is 13.9. The molecule has 2 saturated heterocycles. The first-order valence-electron chi connectivity index (χ1n) is 8.25. The van der Waals surface area contributed by atoms with Gasteiger partial charge < -0.3 is 10.2 Å². The number of nitrogens with one attached hydrogen (secondary N) is 2. The maximum Gasteiger partial charge on any atom is 0.240 e. The highest BCUT2D eigenvalue weighted by Crippen LogP contribution is 2.20. The molecule has 3 rings (SSSR count). The fraction of sp³-hybridized carbons (Fsp3) is 0.529. The fourth-order valence-electron chi connectivity index (χ4n) is 3.07. The molecule has 0 aromatic heterocycles. The van der Waals surface area contributed by atoms with E-state index in [9.17, 15) is 14.0 Å². The normalized spacial score (nSPS) is 20.8. The number of thioether (sulfide) groups is 1. The van der Waals surface area contributed by atoms with Gasteiger partial charge in [-0.1, -0.05) is 12.1 Å². The highest BCUT2D eigenvalue weighted by Gasteiger charge is 2.31. The summed E-state index contributed by atoms with van der Waals surface area (Å²) in [6.07, 6.45) is 1.39. The van der Waals surface area contributed by atoms with Crippen molar-refractivity contribution in [2.75, 3.05) is 24.7 Å². The number of carbonyl (C=O) groups is 2. The summed E-state index contributed by atoms with van der Waals surface area (Å²) in [5, 5.41) is 6.10. The molecular weight excluding hydrogens is 365 g/mol. The lowest BCUT2D eigenvalue weighted by molar-refractivity contribution is -0.136. The molecule has 8 heteroatoms. The van der Waals surface area contributed by atoms with Crippen LogP contribution in [0.25, 0.3) is 0 Å². The van der Waals surface area contributed by atoms with Crippen LogP contribution in [0.1, 0.15) is 18.4 Å². The molecule has 2 fully saturated rings. The van der Waals surface area contributed by atoms with Crippen LogP contribution in [0.15, 0.2) is 24.3 Å². The molecule has 0 saturated carbocycles. The van der Waals surface area contributed by atoms with Gasteiger partial charge in [-0.2, -0.15) is 0 Å². The Bertz CT molecular complexity index is 588. The standard InChI is InChI=1S/C17H22FN3O2S.ClH/c18-14-3-1-12(2-4-14)9-19-16(22)13-5-7-21(8-6-13)17(23)15-10-24-11-20-15;/h1-4,13,15,20H,5-11H2,(H,19,22);1H. The number of carbonyl (C=O) groups excluding carboxylic acids is 2. The second-order valence-corrected chi connectivity index (χ2v) is 7.25. The van der Waals surface area contributed by atoms with Crippen LogP contribution in [0.3, 0.4) is 0 Å². The lowest BCUT2D eigenvalue weighted by Crippen LogP contribution is -2.49. The average Bonchev–Trinajstić information content (AvgIpc) is 3.15. The summed E-state index contributed by atoms with van der Waals surface area (Å²) in [4.78, 5) is 26.5. The van der Waals surface area contributed by atoms with E-state index in [1.54, 1.807) is 23.9 Å². The van der Waals surface area contributed by atoms with Gasteiger partial charge in [0.05, 0.1) is 6.04 Å². The maximum absolute atomic E-state index is 12.9. The summed E-state index contributed by atoms with van der Waals surface area (Å²) >= 11 is 1.74. The second kappa shape index (κ2) is 9.40. The van der Waals surface area contributed by atoms with E-state index in [-0.39, 0.29) is 42.0 Å². The molecule has 1 aromatic carbocycles. The van der Waals surface area contributed by atoms with Crippen molar-refractivity contribution in [1.82, 2.24) is 15.5 Å². The Hall–Kier alpha value is -1.31. The third-order valence-corrected chi connectivity index (χ3v) is 5.51. The molecule has 2 amide bonds. The summed E-state index contributed by atoms with van der Waals surface area (Å²) in [6, 6.07) is 6.05. The summed E-state index contributed by atoms with van der Waals surface area (Å²) in [7, 11) is 0. The van der Waals surface area contributed by atoms with Gasteiger partial charge in [0.2, 0.25) is 11.8 Å². The Morgan fingerprint density at radius 2 is 1.92 bits per heavy atom. The number of hydrogen-bond donors (Lipinski definition) is 2. The van der Waals surface area contributed by atoms with Gasteiger partial charge in [-0.15, -0.1) is 24.2 Å². The molecule has 0 bridgehead atoms. The van der Waals surface area contributed by atoms with Gasteiger partial charge in [-0.3, -0.25) is 14.9 Å². The van der Waals surface area contributed by atoms with Gasteiger partial charge in [-0.05, 0) is 30.5 Å². The Balaban J connectivity index is 0.00000225. The van der Waals surface area contributed by atoms with Crippen molar-refractivity contribution in [1.29, 1.82) is 0 Å². The van der Waals surface area contributed by atoms with Crippen molar-refractivity contribution in [3.63, 3.8) is 0 Å². The molecule has 2 aliphatic rings. The van der Waals surface area contributed by atoms with E-state index < -0.39 is 0 Å². The number of benzene rings is 1. The predicted octanol–water partition coefficient (Wildman–Crippen LogP) is 1.76. The van der Waals surface area contributed by atoms with Crippen LogP contribution in [0.4, 0.5) is 4.39 Å². The molecule has 1 unspecified atom stereocenters. The van der Waals surface area contributed by atoms with Crippen molar-refractivity contribution in [3.8, 4) is 0 Å². The third-order valence-electron chi connectivity index (χ3n) is 4.57. The van der Waals surface area contributed by atoms with Crippen molar-refractivity contribution in [2.24, 2.45) is 5.92 Å². The Labute approximate surface area is 157 Å². The number of nitrogens with zero attached hydrogens (tertiary/aromatic N) is 1. The molecule has 5 nitrogen and oxygen atoms in total. The van der Waals surface area contributed by atoms with Crippen LogP contribution in [0.5, 0.6) is 0 Å². The second-order valence-electron chi connectivity index (χ2n) is 6.22. The van der Waals surface area contributed by atoms with Crippen molar-refractivity contribution in [3.05, 3.63) is 35.6 Å². The van der Waals surface area contributed by atoms with Gasteiger partial charge >= 0.3 is 0 Å². The van der Waals surface area contributed by atoms with Crippen molar-refractivity contribution in [2.45, 2.75) is 25.4 Å². The van der Waals surface area contributed by atoms with Gasteiger partial charge in [0.15, 0.2) is 0 Å². The van der Waals surface area contributed by atoms with Gasteiger partial charge in [0.1, 0.15) is 5.82 Å². The molecule has 2 aliphatic heterocycles. The van der Waals surface area contributed by atoms with E-state index in [2.05, 4.69) is 10.6 Å². The first-order chi connectivity index (χ1) is 11.6. The lowest BCUT2D eigenvalue weighted by atomic mass is 9.95. The Kier molecular flexibility index (Phi) is 7.53. The van der Waals surface area contributed by atoms with Crippen LogP contribution in [-0.4, -0.2) is 47.5 Å². The molecule has 0 radical (unpaired) electrons. The summed E-state index contributed by atoms with van der Waals surface area (Å²) in [5.74, 6) is 1.50. The summed E-state index contributed by atoms with van der Waals surface area (Å²) < 4.78 is 12.9. The lowest BCUT2D eigenvalue weighted by Gasteiger charge is -2.32. The number of amides is 2. The average molecular weight is 388 g/mol. The Morgan fingerprint density at radius 3 is 2.52 bits per heavy atom. The SMILES string of the molecule is Cl.O=C(NCc1ccc(F)cc1)C1CCN(C(=O)C2CSCN2)CC1. The minimum Gasteiger partial charge on any atom is -0.352 e. The molecular formula is C17H23ClFN3O2S. The van der Waals surface area contributed by atoms with Gasteiger partial charge in [0, 0.05) is 37.2 Å². The number of piperidine rings is 1. The predicted molar refractivity (Wildman–Crippen MR) is 99.0 cm³/mol. The molecule has 1 aromatic rings. The van der Waals surface area contributed by atoms with Crippen molar-refractivity contribution >= 4 is 36.0 Å². The van der Waals surface area contributed by atoms with E-state index >= 15 is 0 Å². The Morgan fingerprint density at radius 1 is 1.24 bits per heavy atom. The quantitative estimate of drug-likeness (QED) is 0.826. The minimum absolute atomic E-state index is 0. The number of likely N-dealkylation sites (tertiary alicyclic amines) is 1. The van der Waals surface area contributed by atoms with E-state index in [0.29, 0.717) is 32.5 Å².